The number of aromatic nitrogens is 2. The standard InChI is InChI=1S/C14H24N4O/c1-14(2,18-7-3-4-8-18)11-15-13(19)6-5-12-9-16-17-10-12/h9-10H,3-8,11H2,1-2H3,(H,15,19)(H,16,17). The van der Waals surface area contributed by atoms with Gasteiger partial charge in [0.15, 0.2) is 0 Å². The molecule has 0 aliphatic carbocycles. The zero-order chi connectivity index (χ0) is 13.7. The van der Waals surface area contributed by atoms with Crippen molar-refractivity contribution in [2.75, 3.05) is 19.6 Å². The van der Waals surface area contributed by atoms with E-state index in [4.69, 9.17) is 0 Å². The van der Waals surface area contributed by atoms with E-state index in [1.807, 2.05) is 6.20 Å². The van der Waals surface area contributed by atoms with Crippen molar-refractivity contribution >= 4 is 5.91 Å². The molecule has 1 aromatic rings. The van der Waals surface area contributed by atoms with Gasteiger partial charge in [0.1, 0.15) is 0 Å². The van der Waals surface area contributed by atoms with Crippen LogP contribution in [0.15, 0.2) is 12.4 Å². The van der Waals surface area contributed by atoms with E-state index in [0.29, 0.717) is 6.42 Å². The van der Waals surface area contributed by atoms with Gasteiger partial charge in [-0.1, -0.05) is 0 Å². The highest BCUT2D eigenvalue weighted by molar-refractivity contribution is 5.76. The van der Waals surface area contributed by atoms with Crippen molar-refractivity contribution in [3.05, 3.63) is 18.0 Å². The Morgan fingerprint density at radius 3 is 2.84 bits per heavy atom. The molecule has 2 heterocycles. The molecule has 1 saturated heterocycles. The molecule has 0 radical (unpaired) electrons. The Kier molecular flexibility index (Phi) is 4.58. The Bertz CT molecular complexity index is 394. The number of aryl methyl sites for hydroxylation is 1. The Morgan fingerprint density at radius 1 is 1.47 bits per heavy atom. The average Bonchev–Trinajstić information content (AvgIpc) is 3.06. The SMILES string of the molecule is CC(C)(CNC(=O)CCc1cn[nH]c1)N1CCCC1. The molecule has 1 fully saturated rings. The van der Waals surface area contributed by atoms with Crippen LogP contribution >= 0.6 is 0 Å². The minimum Gasteiger partial charge on any atom is -0.354 e. The molecule has 1 aromatic heterocycles. The maximum atomic E-state index is 11.8. The Balaban J connectivity index is 1.70. The predicted octanol–water partition coefficient (Wildman–Crippen LogP) is 1.33. The van der Waals surface area contributed by atoms with Gasteiger partial charge in [0.25, 0.3) is 0 Å². The molecule has 0 bridgehead atoms. The fraction of sp³-hybridized carbons (Fsp3) is 0.714. The van der Waals surface area contributed by atoms with Crippen LogP contribution in [0.2, 0.25) is 0 Å². The van der Waals surface area contributed by atoms with Crippen LogP contribution in [0.25, 0.3) is 0 Å². The molecular weight excluding hydrogens is 240 g/mol. The summed E-state index contributed by atoms with van der Waals surface area (Å²) in [6.07, 6.45) is 7.42. The lowest BCUT2D eigenvalue weighted by Crippen LogP contribution is -2.50. The van der Waals surface area contributed by atoms with Crippen molar-refractivity contribution in [1.82, 2.24) is 20.4 Å². The topological polar surface area (TPSA) is 61.0 Å². The number of hydrogen-bond acceptors (Lipinski definition) is 3. The molecular formula is C14H24N4O. The molecule has 2 N–H and O–H groups in total. The fourth-order valence-electron chi connectivity index (χ4n) is 2.51. The van der Waals surface area contributed by atoms with Gasteiger partial charge in [0.05, 0.1) is 6.20 Å². The third kappa shape index (κ3) is 4.06. The molecule has 1 aliphatic rings. The average molecular weight is 264 g/mol. The second kappa shape index (κ2) is 6.19. The quantitative estimate of drug-likeness (QED) is 0.815. The number of carbonyl (C=O) groups is 1. The summed E-state index contributed by atoms with van der Waals surface area (Å²) >= 11 is 0. The maximum absolute atomic E-state index is 11.8. The van der Waals surface area contributed by atoms with Crippen LogP contribution in [0.5, 0.6) is 0 Å². The van der Waals surface area contributed by atoms with Crippen molar-refractivity contribution < 1.29 is 4.79 Å². The first kappa shape index (κ1) is 14.1. The number of aromatic amines is 1. The number of likely N-dealkylation sites (tertiary alicyclic amines) is 1. The highest BCUT2D eigenvalue weighted by Gasteiger charge is 2.29. The van der Waals surface area contributed by atoms with E-state index in [1.165, 1.54) is 12.8 Å². The third-order valence-corrected chi connectivity index (χ3v) is 3.88. The first-order valence-corrected chi connectivity index (χ1v) is 7.07. The predicted molar refractivity (Wildman–Crippen MR) is 74.8 cm³/mol. The Labute approximate surface area is 114 Å². The summed E-state index contributed by atoms with van der Waals surface area (Å²) in [5.74, 6) is 0.119. The summed E-state index contributed by atoms with van der Waals surface area (Å²) in [5, 5.41) is 9.68. The van der Waals surface area contributed by atoms with E-state index in [2.05, 4.69) is 34.3 Å². The van der Waals surface area contributed by atoms with Gasteiger partial charge in [-0.25, -0.2) is 0 Å². The normalized spacial score (nSPS) is 16.7. The van der Waals surface area contributed by atoms with Crippen molar-refractivity contribution in [2.45, 2.75) is 45.1 Å². The van der Waals surface area contributed by atoms with Crippen LogP contribution in [0.3, 0.4) is 0 Å². The van der Waals surface area contributed by atoms with Gasteiger partial charge in [0.2, 0.25) is 5.91 Å². The lowest BCUT2D eigenvalue weighted by atomic mass is 10.0. The largest absolute Gasteiger partial charge is 0.354 e. The van der Waals surface area contributed by atoms with Gasteiger partial charge in [-0.3, -0.25) is 14.8 Å². The van der Waals surface area contributed by atoms with Gasteiger partial charge >= 0.3 is 0 Å². The van der Waals surface area contributed by atoms with Gasteiger partial charge in [-0.05, 0) is 51.8 Å². The number of hydrogen-bond donors (Lipinski definition) is 2. The molecule has 0 saturated carbocycles. The Morgan fingerprint density at radius 2 is 2.21 bits per heavy atom. The lowest BCUT2D eigenvalue weighted by molar-refractivity contribution is -0.121. The molecule has 5 nitrogen and oxygen atoms in total. The zero-order valence-corrected chi connectivity index (χ0v) is 11.9. The van der Waals surface area contributed by atoms with Crippen LogP contribution < -0.4 is 5.32 Å². The minimum atomic E-state index is 0.0573. The van der Waals surface area contributed by atoms with E-state index >= 15 is 0 Å². The smallest absolute Gasteiger partial charge is 0.220 e. The second-order valence-corrected chi connectivity index (χ2v) is 5.89. The van der Waals surface area contributed by atoms with Crippen LogP contribution in [0.1, 0.15) is 38.7 Å². The lowest BCUT2D eigenvalue weighted by Gasteiger charge is -2.35. The van der Waals surface area contributed by atoms with E-state index in [1.54, 1.807) is 6.20 Å². The molecule has 1 aliphatic heterocycles. The van der Waals surface area contributed by atoms with Crippen molar-refractivity contribution in [2.24, 2.45) is 0 Å². The summed E-state index contributed by atoms with van der Waals surface area (Å²) in [6, 6.07) is 0. The first-order chi connectivity index (χ1) is 9.08. The van der Waals surface area contributed by atoms with Crippen LogP contribution in [0, 0.1) is 0 Å². The minimum absolute atomic E-state index is 0.0573. The maximum Gasteiger partial charge on any atom is 0.220 e. The van der Waals surface area contributed by atoms with Crippen molar-refractivity contribution in [3.63, 3.8) is 0 Å². The number of H-pyrrole nitrogens is 1. The van der Waals surface area contributed by atoms with E-state index in [0.717, 1.165) is 31.6 Å². The fourth-order valence-corrected chi connectivity index (χ4v) is 2.51. The molecule has 1 amide bonds. The number of amides is 1. The molecule has 2 rings (SSSR count). The molecule has 0 spiro atoms. The van der Waals surface area contributed by atoms with E-state index in [9.17, 15) is 4.79 Å². The molecule has 19 heavy (non-hydrogen) atoms. The first-order valence-electron chi connectivity index (χ1n) is 7.07. The number of nitrogens with zero attached hydrogens (tertiary/aromatic N) is 2. The Hall–Kier alpha value is -1.36. The van der Waals surface area contributed by atoms with Gasteiger partial charge in [-0.15, -0.1) is 0 Å². The summed E-state index contributed by atoms with van der Waals surface area (Å²) in [4.78, 5) is 14.3. The van der Waals surface area contributed by atoms with Crippen molar-refractivity contribution in [1.29, 1.82) is 0 Å². The summed E-state index contributed by atoms with van der Waals surface area (Å²) in [5.41, 5.74) is 1.14. The molecule has 106 valence electrons. The van der Waals surface area contributed by atoms with E-state index in [-0.39, 0.29) is 11.4 Å². The summed E-state index contributed by atoms with van der Waals surface area (Å²) < 4.78 is 0. The number of rotatable bonds is 6. The van der Waals surface area contributed by atoms with Crippen LogP contribution in [0.4, 0.5) is 0 Å². The van der Waals surface area contributed by atoms with Gasteiger partial charge < -0.3 is 5.32 Å². The number of carbonyl (C=O) groups excluding carboxylic acids is 1. The highest BCUT2D eigenvalue weighted by Crippen LogP contribution is 2.20. The van der Waals surface area contributed by atoms with E-state index < -0.39 is 0 Å². The molecule has 0 aromatic carbocycles. The highest BCUT2D eigenvalue weighted by atomic mass is 16.1. The van der Waals surface area contributed by atoms with Crippen LogP contribution in [-0.2, 0) is 11.2 Å². The number of nitrogens with one attached hydrogen (secondary N) is 2. The van der Waals surface area contributed by atoms with Gasteiger partial charge in [-0.2, -0.15) is 5.10 Å². The van der Waals surface area contributed by atoms with Crippen molar-refractivity contribution in [3.8, 4) is 0 Å². The summed E-state index contributed by atoms with van der Waals surface area (Å²) in [6.45, 7) is 7.43. The third-order valence-electron chi connectivity index (χ3n) is 3.88. The molecule has 0 unspecified atom stereocenters. The monoisotopic (exact) mass is 264 g/mol. The van der Waals surface area contributed by atoms with Crippen LogP contribution in [-0.4, -0.2) is 46.2 Å². The van der Waals surface area contributed by atoms with Gasteiger partial charge in [0, 0.05) is 24.7 Å². The molecule has 0 atom stereocenters. The zero-order valence-electron chi connectivity index (χ0n) is 11.9. The second-order valence-electron chi connectivity index (χ2n) is 5.89. The molecule has 5 heteroatoms. The summed E-state index contributed by atoms with van der Waals surface area (Å²) in [7, 11) is 0.